The van der Waals surface area contributed by atoms with Crippen LogP contribution in [0, 0.1) is 5.92 Å². The topological polar surface area (TPSA) is 41.5 Å². The van der Waals surface area contributed by atoms with Gasteiger partial charge in [-0.05, 0) is 37.8 Å². The Morgan fingerprint density at radius 1 is 1.32 bits per heavy atom. The number of aliphatic hydroxyl groups excluding tert-OH is 1. The maximum Gasteiger partial charge on any atom is 0.123 e. The Hall–Kier alpha value is -1.06. The molecule has 0 bridgehead atoms. The molecule has 0 aliphatic rings. The van der Waals surface area contributed by atoms with Crippen LogP contribution in [0.3, 0.4) is 0 Å². The SMILES string of the molecule is CCC(NCCCC(C)CO)c1ccccc1OC. The van der Waals surface area contributed by atoms with Gasteiger partial charge in [0.2, 0.25) is 0 Å². The largest absolute Gasteiger partial charge is 0.496 e. The summed E-state index contributed by atoms with van der Waals surface area (Å²) in [5.74, 6) is 1.35. The van der Waals surface area contributed by atoms with Crippen molar-refractivity contribution in [2.24, 2.45) is 5.92 Å². The zero-order valence-corrected chi connectivity index (χ0v) is 12.4. The van der Waals surface area contributed by atoms with E-state index in [1.165, 1.54) is 5.56 Å². The molecule has 0 aromatic heterocycles. The van der Waals surface area contributed by atoms with Gasteiger partial charge in [0.25, 0.3) is 0 Å². The zero-order chi connectivity index (χ0) is 14.1. The van der Waals surface area contributed by atoms with Gasteiger partial charge in [0, 0.05) is 18.2 Å². The molecule has 2 N–H and O–H groups in total. The van der Waals surface area contributed by atoms with Crippen molar-refractivity contribution in [1.82, 2.24) is 5.32 Å². The van der Waals surface area contributed by atoms with Gasteiger partial charge < -0.3 is 15.2 Å². The fourth-order valence-corrected chi connectivity index (χ4v) is 2.25. The summed E-state index contributed by atoms with van der Waals surface area (Å²) in [4.78, 5) is 0. The van der Waals surface area contributed by atoms with Crippen molar-refractivity contribution >= 4 is 0 Å². The maximum absolute atomic E-state index is 9.00. The second-order valence-electron chi connectivity index (χ2n) is 5.09. The van der Waals surface area contributed by atoms with Crippen LogP contribution in [0.1, 0.15) is 44.7 Å². The molecule has 108 valence electrons. The number of methoxy groups -OCH3 is 1. The molecule has 1 rings (SSSR count). The lowest BCUT2D eigenvalue weighted by Gasteiger charge is -2.20. The lowest BCUT2D eigenvalue weighted by Crippen LogP contribution is -2.23. The van der Waals surface area contributed by atoms with Crippen LogP contribution in [-0.4, -0.2) is 25.4 Å². The molecule has 0 aliphatic heterocycles. The highest BCUT2D eigenvalue weighted by molar-refractivity contribution is 5.35. The molecule has 0 spiro atoms. The van der Waals surface area contributed by atoms with Crippen LogP contribution in [0.5, 0.6) is 5.75 Å². The van der Waals surface area contributed by atoms with Crippen LogP contribution in [0.15, 0.2) is 24.3 Å². The molecule has 1 aromatic carbocycles. The average Bonchev–Trinajstić information content (AvgIpc) is 2.47. The normalized spacial score (nSPS) is 14.1. The van der Waals surface area contributed by atoms with Crippen molar-refractivity contribution in [2.75, 3.05) is 20.3 Å². The predicted octanol–water partition coefficient (Wildman–Crippen LogP) is 3.14. The van der Waals surface area contributed by atoms with Gasteiger partial charge in [-0.15, -0.1) is 0 Å². The Balaban J connectivity index is 2.49. The number of rotatable bonds is 9. The molecule has 2 atom stereocenters. The van der Waals surface area contributed by atoms with Crippen molar-refractivity contribution in [1.29, 1.82) is 0 Å². The summed E-state index contributed by atoms with van der Waals surface area (Å²) in [6.45, 7) is 5.52. The van der Waals surface area contributed by atoms with E-state index in [2.05, 4.69) is 31.3 Å². The van der Waals surface area contributed by atoms with E-state index in [1.54, 1.807) is 7.11 Å². The molecule has 1 aromatic rings. The molecular formula is C16H27NO2. The first-order valence-corrected chi connectivity index (χ1v) is 7.20. The number of benzene rings is 1. The molecule has 0 saturated carbocycles. The van der Waals surface area contributed by atoms with E-state index in [-0.39, 0.29) is 6.61 Å². The summed E-state index contributed by atoms with van der Waals surface area (Å²) < 4.78 is 5.42. The Morgan fingerprint density at radius 2 is 2.05 bits per heavy atom. The summed E-state index contributed by atoms with van der Waals surface area (Å²) in [5, 5.41) is 12.6. The first-order valence-electron chi connectivity index (χ1n) is 7.20. The lowest BCUT2D eigenvalue weighted by atomic mass is 10.0. The molecule has 0 aliphatic carbocycles. The van der Waals surface area contributed by atoms with Crippen LogP contribution < -0.4 is 10.1 Å². The lowest BCUT2D eigenvalue weighted by molar-refractivity contribution is 0.227. The number of ether oxygens (including phenoxy) is 1. The highest BCUT2D eigenvalue weighted by atomic mass is 16.5. The summed E-state index contributed by atoms with van der Waals surface area (Å²) in [7, 11) is 1.72. The standard InChI is InChI=1S/C16H27NO2/c1-4-15(17-11-7-8-13(2)12-18)14-9-5-6-10-16(14)19-3/h5-6,9-10,13,15,17-18H,4,7-8,11-12H2,1-3H3. The van der Waals surface area contributed by atoms with Crippen molar-refractivity contribution < 1.29 is 9.84 Å². The van der Waals surface area contributed by atoms with Crippen molar-refractivity contribution in [3.05, 3.63) is 29.8 Å². The fraction of sp³-hybridized carbons (Fsp3) is 0.625. The third-order valence-corrected chi connectivity index (χ3v) is 3.50. The van der Waals surface area contributed by atoms with Crippen LogP contribution in [0.4, 0.5) is 0 Å². The Labute approximate surface area is 117 Å². The van der Waals surface area contributed by atoms with Gasteiger partial charge in [0.1, 0.15) is 5.75 Å². The first kappa shape index (κ1) is 16.0. The Morgan fingerprint density at radius 3 is 2.68 bits per heavy atom. The Kier molecular flexibility index (Phi) is 7.53. The minimum absolute atomic E-state index is 0.281. The van der Waals surface area contributed by atoms with Crippen LogP contribution >= 0.6 is 0 Å². The number of hydrogen-bond acceptors (Lipinski definition) is 3. The summed E-state index contributed by atoms with van der Waals surface area (Å²) in [6.07, 6.45) is 3.19. The van der Waals surface area contributed by atoms with Gasteiger partial charge in [-0.3, -0.25) is 0 Å². The van der Waals surface area contributed by atoms with Gasteiger partial charge in [-0.25, -0.2) is 0 Å². The summed E-state index contributed by atoms with van der Waals surface area (Å²) in [5.41, 5.74) is 1.22. The van der Waals surface area contributed by atoms with Gasteiger partial charge in [0.15, 0.2) is 0 Å². The molecule has 19 heavy (non-hydrogen) atoms. The quantitative estimate of drug-likeness (QED) is 0.674. The number of hydrogen-bond donors (Lipinski definition) is 2. The van der Waals surface area contributed by atoms with Gasteiger partial charge in [-0.1, -0.05) is 32.0 Å². The van der Waals surface area contributed by atoms with Gasteiger partial charge in [0.05, 0.1) is 7.11 Å². The fourth-order valence-electron chi connectivity index (χ4n) is 2.25. The van der Waals surface area contributed by atoms with Crippen molar-refractivity contribution in [3.63, 3.8) is 0 Å². The van der Waals surface area contributed by atoms with E-state index in [9.17, 15) is 0 Å². The molecule has 0 heterocycles. The summed E-state index contributed by atoms with van der Waals surface area (Å²) in [6, 6.07) is 8.51. The van der Waals surface area contributed by atoms with E-state index in [0.717, 1.165) is 31.6 Å². The van der Waals surface area contributed by atoms with Crippen molar-refractivity contribution in [3.8, 4) is 5.75 Å². The molecule has 3 heteroatoms. The molecule has 0 radical (unpaired) electrons. The van der Waals surface area contributed by atoms with Gasteiger partial charge in [-0.2, -0.15) is 0 Å². The number of nitrogens with one attached hydrogen (secondary N) is 1. The highest BCUT2D eigenvalue weighted by Gasteiger charge is 2.13. The average molecular weight is 265 g/mol. The smallest absolute Gasteiger partial charge is 0.123 e. The van der Waals surface area contributed by atoms with Crippen LogP contribution in [0.2, 0.25) is 0 Å². The molecular weight excluding hydrogens is 238 g/mol. The van der Waals surface area contributed by atoms with Crippen molar-refractivity contribution in [2.45, 2.75) is 39.2 Å². The van der Waals surface area contributed by atoms with Crippen LogP contribution in [0.25, 0.3) is 0 Å². The molecule has 2 unspecified atom stereocenters. The third kappa shape index (κ3) is 5.21. The highest BCUT2D eigenvalue weighted by Crippen LogP contribution is 2.26. The zero-order valence-electron chi connectivity index (χ0n) is 12.4. The number of para-hydroxylation sites is 1. The predicted molar refractivity (Wildman–Crippen MR) is 79.5 cm³/mol. The third-order valence-electron chi connectivity index (χ3n) is 3.50. The number of aliphatic hydroxyl groups is 1. The minimum atomic E-state index is 0.281. The molecule has 0 amide bonds. The monoisotopic (exact) mass is 265 g/mol. The van der Waals surface area contributed by atoms with Crippen LogP contribution in [-0.2, 0) is 0 Å². The Bertz CT molecular complexity index is 354. The van der Waals surface area contributed by atoms with E-state index in [1.807, 2.05) is 12.1 Å². The van der Waals surface area contributed by atoms with E-state index in [0.29, 0.717) is 12.0 Å². The summed E-state index contributed by atoms with van der Waals surface area (Å²) >= 11 is 0. The van der Waals surface area contributed by atoms with E-state index < -0.39 is 0 Å². The molecule has 0 fully saturated rings. The minimum Gasteiger partial charge on any atom is -0.496 e. The first-order chi connectivity index (χ1) is 9.22. The van der Waals surface area contributed by atoms with Gasteiger partial charge >= 0.3 is 0 Å². The maximum atomic E-state index is 9.00. The molecule has 3 nitrogen and oxygen atoms in total. The second kappa shape index (κ2) is 8.94. The van der Waals surface area contributed by atoms with E-state index >= 15 is 0 Å². The van der Waals surface area contributed by atoms with E-state index in [4.69, 9.17) is 9.84 Å². The molecule has 0 saturated heterocycles. The second-order valence-corrected chi connectivity index (χ2v) is 5.09.